The average Bonchev–Trinajstić information content (AvgIpc) is 3.30. The van der Waals surface area contributed by atoms with Gasteiger partial charge >= 0.3 is 0 Å². The minimum Gasteiger partial charge on any atom is -0.343 e. The van der Waals surface area contributed by atoms with Gasteiger partial charge in [0.2, 0.25) is 21.8 Å². The number of nitrogens with one attached hydrogen (secondary N) is 2. The van der Waals surface area contributed by atoms with Crippen molar-refractivity contribution in [3.05, 3.63) is 64.7 Å². The second-order valence-electron chi connectivity index (χ2n) is 10.1. The maximum Gasteiger partial charge on any atom is 0.245 e. The number of benzene rings is 2. The molecule has 2 unspecified atom stereocenters. The molecule has 2 amide bonds. The Balaban J connectivity index is 1.46. The van der Waals surface area contributed by atoms with E-state index in [1.54, 1.807) is 18.2 Å². The number of carbonyl (C=O) groups is 2. The number of rotatable bonds is 8. The van der Waals surface area contributed by atoms with Crippen molar-refractivity contribution in [3.8, 4) is 0 Å². The Morgan fingerprint density at radius 2 is 1.70 bits per heavy atom. The lowest BCUT2D eigenvalue weighted by Crippen LogP contribution is -2.54. The van der Waals surface area contributed by atoms with E-state index in [1.807, 2.05) is 47.2 Å². The van der Waals surface area contributed by atoms with Crippen LogP contribution in [0.1, 0.15) is 42.7 Å². The third-order valence-electron chi connectivity index (χ3n) is 7.29. The standard InChI is InChI=1S/C27H35ClN4O4S/c1-31-15-5-8-25(31)26(33)29-24(18-19-9-11-21(28)12-10-19)27(34)32-16-13-20(14-17-32)22-6-3-4-7-23(22)30-37(2,35)36/h3-4,6-7,9-12,20,24-25,30H,5,8,13-18H2,1-2H3,(H,29,33). The third-order valence-corrected chi connectivity index (χ3v) is 8.14. The van der Waals surface area contributed by atoms with Gasteiger partial charge in [-0.3, -0.25) is 19.2 Å². The molecule has 4 rings (SSSR count). The Morgan fingerprint density at radius 3 is 2.32 bits per heavy atom. The van der Waals surface area contributed by atoms with Gasteiger partial charge in [0.05, 0.1) is 18.0 Å². The minimum atomic E-state index is -3.40. The summed E-state index contributed by atoms with van der Waals surface area (Å²) in [6.45, 7) is 1.94. The highest BCUT2D eigenvalue weighted by Gasteiger charge is 2.34. The monoisotopic (exact) mass is 546 g/mol. The number of hydrogen-bond acceptors (Lipinski definition) is 5. The molecule has 2 saturated heterocycles. The number of halogens is 1. The summed E-state index contributed by atoms with van der Waals surface area (Å²) in [5.41, 5.74) is 2.46. The Hall–Kier alpha value is -2.62. The van der Waals surface area contributed by atoms with Gasteiger partial charge in [0, 0.05) is 24.5 Å². The normalized spacial score (nSPS) is 20.0. The van der Waals surface area contributed by atoms with Crippen LogP contribution in [0.2, 0.25) is 5.02 Å². The van der Waals surface area contributed by atoms with Crippen molar-refractivity contribution in [1.82, 2.24) is 15.1 Å². The molecule has 0 spiro atoms. The molecule has 2 aromatic rings. The Kier molecular flexibility index (Phi) is 8.77. The van der Waals surface area contributed by atoms with Crippen molar-refractivity contribution < 1.29 is 18.0 Å². The van der Waals surface area contributed by atoms with E-state index in [-0.39, 0.29) is 23.8 Å². The molecule has 10 heteroatoms. The number of carbonyl (C=O) groups excluding carboxylic acids is 2. The summed E-state index contributed by atoms with van der Waals surface area (Å²) in [4.78, 5) is 30.6. The van der Waals surface area contributed by atoms with Gasteiger partial charge in [0.1, 0.15) is 6.04 Å². The average molecular weight is 547 g/mol. The lowest BCUT2D eigenvalue weighted by atomic mass is 9.88. The molecule has 0 bridgehead atoms. The van der Waals surface area contributed by atoms with E-state index in [1.165, 1.54) is 0 Å². The molecule has 2 atom stereocenters. The van der Waals surface area contributed by atoms with Crippen molar-refractivity contribution in [1.29, 1.82) is 0 Å². The van der Waals surface area contributed by atoms with E-state index in [2.05, 4.69) is 10.0 Å². The highest BCUT2D eigenvalue weighted by atomic mass is 35.5. The molecule has 0 saturated carbocycles. The molecule has 37 heavy (non-hydrogen) atoms. The Bertz CT molecular complexity index is 1210. The van der Waals surface area contributed by atoms with Gasteiger partial charge in [-0.2, -0.15) is 0 Å². The van der Waals surface area contributed by atoms with Gasteiger partial charge in [0.25, 0.3) is 0 Å². The highest BCUT2D eigenvalue weighted by molar-refractivity contribution is 7.92. The van der Waals surface area contributed by atoms with E-state index in [0.29, 0.717) is 43.1 Å². The molecule has 2 fully saturated rings. The molecule has 2 N–H and O–H groups in total. The molecular formula is C27H35ClN4O4S. The van der Waals surface area contributed by atoms with Gasteiger partial charge < -0.3 is 10.2 Å². The van der Waals surface area contributed by atoms with Crippen molar-refractivity contribution in [2.45, 2.75) is 50.1 Å². The number of anilines is 1. The lowest BCUT2D eigenvalue weighted by molar-refractivity contribution is -0.138. The van der Waals surface area contributed by atoms with E-state index < -0.39 is 16.1 Å². The van der Waals surface area contributed by atoms with Gasteiger partial charge in [-0.25, -0.2) is 8.42 Å². The van der Waals surface area contributed by atoms with E-state index >= 15 is 0 Å². The van der Waals surface area contributed by atoms with Crippen LogP contribution >= 0.6 is 11.6 Å². The third kappa shape index (κ3) is 7.24. The number of amides is 2. The van der Waals surface area contributed by atoms with E-state index in [9.17, 15) is 18.0 Å². The van der Waals surface area contributed by atoms with Crippen molar-refractivity contribution in [2.24, 2.45) is 0 Å². The van der Waals surface area contributed by atoms with Crippen LogP contribution in [0.4, 0.5) is 5.69 Å². The predicted molar refractivity (Wildman–Crippen MR) is 146 cm³/mol. The van der Waals surface area contributed by atoms with Gasteiger partial charge in [-0.1, -0.05) is 41.9 Å². The summed E-state index contributed by atoms with van der Waals surface area (Å²) in [5.74, 6) is -0.0705. The SMILES string of the molecule is CN1CCCC1C(=O)NC(Cc1ccc(Cl)cc1)C(=O)N1CCC(c2ccccc2NS(C)(=O)=O)CC1. The second kappa shape index (κ2) is 11.8. The minimum absolute atomic E-state index is 0.0926. The zero-order valence-corrected chi connectivity index (χ0v) is 22.9. The maximum atomic E-state index is 13.7. The van der Waals surface area contributed by atoms with Crippen LogP contribution in [0.25, 0.3) is 0 Å². The molecule has 2 aliphatic rings. The first kappa shape index (κ1) is 27.4. The summed E-state index contributed by atoms with van der Waals surface area (Å²) in [7, 11) is -1.46. The quantitative estimate of drug-likeness (QED) is 0.529. The van der Waals surface area contributed by atoms with Gasteiger partial charge in [-0.15, -0.1) is 0 Å². The molecule has 2 aliphatic heterocycles. The van der Waals surface area contributed by atoms with Crippen LogP contribution in [-0.4, -0.2) is 75.1 Å². The number of likely N-dealkylation sites (N-methyl/N-ethyl adjacent to an activating group) is 1. The zero-order valence-electron chi connectivity index (χ0n) is 21.3. The number of piperidine rings is 1. The van der Waals surface area contributed by atoms with Crippen molar-refractivity contribution in [2.75, 3.05) is 37.7 Å². The summed E-state index contributed by atoms with van der Waals surface area (Å²) in [6, 6.07) is 13.9. The van der Waals surface area contributed by atoms with Crippen LogP contribution in [0.3, 0.4) is 0 Å². The van der Waals surface area contributed by atoms with Gasteiger partial charge in [-0.05, 0) is 74.5 Å². The fraction of sp³-hybridized carbons (Fsp3) is 0.481. The van der Waals surface area contributed by atoms with Crippen molar-refractivity contribution in [3.63, 3.8) is 0 Å². The number of para-hydroxylation sites is 1. The van der Waals surface area contributed by atoms with E-state index in [4.69, 9.17) is 11.6 Å². The van der Waals surface area contributed by atoms with Crippen LogP contribution in [0, 0.1) is 0 Å². The molecule has 200 valence electrons. The summed E-state index contributed by atoms with van der Waals surface area (Å²) >= 11 is 6.04. The van der Waals surface area contributed by atoms with Crippen LogP contribution in [-0.2, 0) is 26.0 Å². The number of hydrogen-bond donors (Lipinski definition) is 2. The molecular weight excluding hydrogens is 512 g/mol. The molecule has 2 heterocycles. The highest BCUT2D eigenvalue weighted by Crippen LogP contribution is 2.33. The number of sulfonamides is 1. The number of nitrogens with zero attached hydrogens (tertiary/aromatic N) is 2. The topological polar surface area (TPSA) is 98.8 Å². The van der Waals surface area contributed by atoms with Crippen LogP contribution in [0.15, 0.2) is 48.5 Å². The summed E-state index contributed by atoms with van der Waals surface area (Å²) in [5, 5.41) is 3.67. The largest absolute Gasteiger partial charge is 0.343 e. The molecule has 0 aliphatic carbocycles. The molecule has 0 aromatic heterocycles. The fourth-order valence-electron chi connectivity index (χ4n) is 5.34. The molecule has 0 radical (unpaired) electrons. The van der Waals surface area contributed by atoms with E-state index in [0.717, 1.165) is 36.8 Å². The zero-order chi connectivity index (χ0) is 26.6. The van der Waals surface area contributed by atoms with Crippen molar-refractivity contribution >= 4 is 39.1 Å². The second-order valence-corrected chi connectivity index (χ2v) is 12.3. The molecule has 8 nitrogen and oxygen atoms in total. The smallest absolute Gasteiger partial charge is 0.245 e. The summed E-state index contributed by atoms with van der Waals surface area (Å²) in [6.07, 6.45) is 4.70. The van der Waals surface area contributed by atoms with Crippen LogP contribution < -0.4 is 10.0 Å². The Labute approximate surface area is 224 Å². The van der Waals surface area contributed by atoms with Gasteiger partial charge in [0.15, 0.2) is 0 Å². The first-order valence-corrected chi connectivity index (χ1v) is 15.0. The van der Waals surface area contributed by atoms with Crippen LogP contribution in [0.5, 0.6) is 0 Å². The fourth-order valence-corrected chi connectivity index (χ4v) is 6.05. The first-order chi connectivity index (χ1) is 17.6. The molecule has 2 aromatic carbocycles. The Morgan fingerprint density at radius 1 is 1.03 bits per heavy atom. The number of likely N-dealkylation sites (tertiary alicyclic amines) is 2. The maximum absolute atomic E-state index is 13.7. The predicted octanol–water partition coefficient (Wildman–Crippen LogP) is 3.24. The first-order valence-electron chi connectivity index (χ1n) is 12.7. The lowest BCUT2D eigenvalue weighted by Gasteiger charge is -2.35. The summed E-state index contributed by atoms with van der Waals surface area (Å²) < 4.78 is 26.2.